The first kappa shape index (κ1) is 36.8. The fraction of sp³-hybridized carbons (Fsp3) is 0.0172. The van der Waals surface area contributed by atoms with Gasteiger partial charge in [-0.2, -0.15) is 0 Å². The number of nitrogens with zero attached hydrogens (tertiary/aromatic N) is 3. The highest BCUT2D eigenvalue weighted by molar-refractivity contribution is 6.25. The zero-order chi connectivity index (χ0) is 41.6. The molecular formula is C58H39N3O. The second-order valence-electron chi connectivity index (χ2n) is 15.7. The molecule has 62 heavy (non-hydrogen) atoms. The second kappa shape index (κ2) is 15.4. The number of furan rings is 1. The first-order chi connectivity index (χ1) is 30.6. The van der Waals surface area contributed by atoms with Crippen molar-refractivity contribution in [3.8, 4) is 45.3 Å². The van der Waals surface area contributed by atoms with E-state index in [2.05, 4.69) is 159 Å². The maximum atomic E-state index is 6.47. The van der Waals surface area contributed by atoms with Crippen LogP contribution in [0.3, 0.4) is 0 Å². The van der Waals surface area contributed by atoms with Gasteiger partial charge in [0.05, 0.1) is 0 Å². The van der Waals surface area contributed by atoms with Gasteiger partial charge in [-0.1, -0.05) is 189 Å². The molecule has 11 aromatic rings. The van der Waals surface area contributed by atoms with Crippen LogP contribution >= 0.6 is 0 Å². The SMILES string of the molecule is C=C(/C=C\C=C(/C)c1ccc2c3ccccc3c3ccccc3c2c1)c1ccc2oc3cccc(-c4nc(-c5ccccc5)nc(-c5ccccc5-c5ccccc5)n4)c3c2c1. The molecule has 0 atom stereocenters. The Bertz CT molecular complexity index is 3560. The maximum Gasteiger partial charge on any atom is 0.164 e. The fourth-order valence-electron chi connectivity index (χ4n) is 8.75. The van der Waals surface area contributed by atoms with Crippen molar-refractivity contribution >= 4 is 65.4 Å². The van der Waals surface area contributed by atoms with Gasteiger partial charge in [0.1, 0.15) is 11.2 Å². The summed E-state index contributed by atoms with van der Waals surface area (Å²) in [5.41, 5.74) is 10.7. The van der Waals surface area contributed by atoms with Crippen LogP contribution < -0.4 is 0 Å². The summed E-state index contributed by atoms with van der Waals surface area (Å²) in [4.78, 5) is 15.4. The lowest BCUT2D eigenvalue weighted by atomic mass is 9.92. The Hall–Kier alpha value is -8.21. The van der Waals surface area contributed by atoms with Gasteiger partial charge in [-0.15, -0.1) is 0 Å². The highest BCUT2D eigenvalue weighted by Gasteiger charge is 2.20. The van der Waals surface area contributed by atoms with Gasteiger partial charge >= 0.3 is 0 Å². The van der Waals surface area contributed by atoms with Gasteiger partial charge in [-0.25, -0.2) is 15.0 Å². The van der Waals surface area contributed by atoms with Crippen LogP contribution in [0.4, 0.5) is 0 Å². The summed E-state index contributed by atoms with van der Waals surface area (Å²) < 4.78 is 6.47. The summed E-state index contributed by atoms with van der Waals surface area (Å²) in [6, 6.07) is 65.3. The number of rotatable bonds is 8. The molecule has 2 heterocycles. The molecule has 0 aliphatic heterocycles. The molecule has 0 spiro atoms. The molecule has 9 aromatic carbocycles. The van der Waals surface area contributed by atoms with E-state index >= 15 is 0 Å². The monoisotopic (exact) mass is 793 g/mol. The predicted molar refractivity (Wildman–Crippen MR) is 260 cm³/mol. The van der Waals surface area contributed by atoms with Gasteiger partial charge in [0.2, 0.25) is 0 Å². The third kappa shape index (κ3) is 6.55. The summed E-state index contributed by atoms with van der Waals surface area (Å²) in [6.07, 6.45) is 6.33. The van der Waals surface area contributed by atoms with Crippen molar-refractivity contribution in [1.82, 2.24) is 15.0 Å². The number of benzene rings is 9. The smallest absolute Gasteiger partial charge is 0.164 e. The highest BCUT2D eigenvalue weighted by Crippen LogP contribution is 2.40. The van der Waals surface area contributed by atoms with E-state index in [-0.39, 0.29) is 0 Å². The van der Waals surface area contributed by atoms with Crippen LogP contribution in [-0.4, -0.2) is 15.0 Å². The fourth-order valence-corrected chi connectivity index (χ4v) is 8.75. The normalized spacial score (nSPS) is 12.0. The van der Waals surface area contributed by atoms with Gasteiger partial charge in [-0.3, -0.25) is 0 Å². The van der Waals surface area contributed by atoms with Crippen molar-refractivity contribution < 1.29 is 4.42 Å². The summed E-state index contributed by atoms with van der Waals surface area (Å²) in [6.45, 7) is 6.66. The van der Waals surface area contributed by atoms with Crippen molar-refractivity contribution in [2.75, 3.05) is 0 Å². The molecule has 0 bridgehead atoms. The molecule has 292 valence electrons. The number of fused-ring (bicyclic) bond motifs is 9. The molecule has 0 saturated carbocycles. The van der Waals surface area contributed by atoms with E-state index in [1.165, 1.54) is 43.5 Å². The summed E-state index contributed by atoms with van der Waals surface area (Å²) >= 11 is 0. The highest BCUT2D eigenvalue weighted by atomic mass is 16.3. The van der Waals surface area contributed by atoms with E-state index in [1.807, 2.05) is 60.7 Å². The molecule has 0 unspecified atom stereocenters. The minimum Gasteiger partial charge on any atom is -0.456 e. The van der Waals surface area contributed by atoms with Crippen molar-refractivity contribution in [2.24, 2.45) is 0 Å². The predicted octanol–water partition coefficient (Wildman–Crippen LogP) is 15.6. The minimum atomic E-state index is 0.574. The maximum absolute atomic E-state index is 6.47. The van der Waals surface area contributed by atoms with Gasteiger partial charge < -0.3 is 4.42 Å². The van der Waals surface area contributed by atoms with Gasteiger partial charge in [0, 0.05) is 27.5 Å². The van der Waals surface area contributed by atoms with E-state index < -0.39 is 0 Å². The van der Waals surface area contributed by atoms with Gasteiger partial charge in [0.15, 0.2) is 17.5 Å². The van der Waals surface area contributed by atoms with Crippen molar-refractivity contribution in [3.05, 3.63) is 224 Å². The largest absolute Gasteiger partial charge is 0.456 e. The Balaban J connectivity index is 0.964. The Kier molecular flexibility index (Phi) is 9.17. The molecular weight excluding hydrogens is 755 g/mol. The average molecular weight is 794 g/mol. The second-order valence-corrected chi connectivity index (χ2v) is 15.7. The lowest BCUT2D eigenvalue weighted by Gasteiger charge is -2.12. The minimum absolute atomic E-state index is 0.574. The third-order valence-electron chi connectivity index (χ3n) is 11.9. The molecule has 0 fully saturated rings. The topological polar surface area (TPSA) is 51.8 Å². The van der Waals surface area contributed by atoms with Crippen molar-refractivity contribution in [2.45, 2.75) is 6.92 Å². The van der Waals surface area contributed by atoms with Crippen LogP contribution in [0.1, 0.15) is 18.1 Å². The Labute approximate surface area is 359 Å². The van der Waals surface area contributed by atoms with Crippen molar-refractivity contribution in [1.29, 1.82) is 0 Å². The number of aromatic nitrogens is 3. The van der Waals surface area contributed by atoms with Crippen LogP contribution in [0.2, 0.25) is 0 Å². The van der Waals surface area contributed by atoms with Crippen LogP contribution in [0.5, 0.6) is 0 Å². The number of hydrogen-bond acceptors (Lipinski definition) is 4. The van der Waals surface area contributed by atoms with E-state index in [1.54, 1.807) is 0 Å². The summed E-state index contributed by atoms with van der Waals surface area (Å²) in [5.74, 6) is 1.78. The lowest BCUT2D eigenvalue weighted by Crippen LogP contribution is -2.01. The zero-order valence-corrected chi connectivity index (χ0v) is 34.1. The molecule has 0 aliphatic carbocycles. The standard InChI is InChI=1S/C58H39N3O/c1-37(41-31-33-48-46-26-11-10-24-44(46)45-25-12-13-27-47(45)51(48)35-41)17-15-18-38(2)42-32-34-53-52(36-42)55-50(29-16-30-54(55)62-53)58-60-56(40-21-7-4-8-22-40)59-57(61-58)49-28-14-9-23-43(49)39-19-5-3-6-20-39/h3-36H,2H2,1H3/b18-15-,37-17+. The van der Waals surface area contributed by atoms with Crippen LogP contribution in [0, 0.1) is 0 Å². The van der Waals surface area contributed by atoms with E-state index in [0.29, 0.717) is 17.5 Å². The summed E-state index contributed by atoms with van der Waals surface area (Å²) in [7, 11) is 0. The first-order valence-corrected chi connectivity index (χ1v) is 20.9. The Morgan fingerprint density at radius 3 is 1.68 bits per heavy atom. The van der Waals surface area contributed by atoms with Gasteiger partial charge in [-0.05, 0) is 96.9 Å². The lowest BCUT2D eigenvalue weighted by molar-refractivity contribution is 0.669. The molecule has 0 radical (unpaired) electrons. The molecule has 4 heteroatoms. The van der Waals surface area contributed by atoms with E-state index in [9.17, 15) is 0 Å². The molecule has 0 aliphatic rings. The summed E-state index contributed by atoms with van der Waals surface area (Å²) in [5, 5.41) is 9.56. The number of hydrogen-bond donors (Lipinski definition) is 0. The van der Waals surface area contributed by atoms with Crippen LogP contribution in [-0.2, 0) is 0 Å². The zero-order valence-electron chi connectivity index (χ0n) is 34.1. The molecule has 0 N–H and O–H groups in total. The Morgan fingerprint density at radius 2 is 0.968 bits per heavy atom. The molecule has 4 nitrogen and oxygen atoms in total. The molecule has 0 saturated heterocycles. The third-order valence-corrected chi connectivity index (χ3v) is 11.9. The number of allylic oxidation sites excluding steroid dienone is 5. The van der Waals surface area contributed by atoms with Crippen LogP contribution in [0.25, 0.3) is 111 Å². The van der Waals surface area contributed by atoms with Gasteiger partial charge in [0.25, 0.3) is 0 Å². The van der Waals surface area contributed by atoms with Crippen molar-refractivity contribution in [3.63, 3.8) is 0 Å². The first-order valence-electron chi connectivity index (χ1n) is 20.9. The van der Waals surface area contributed by atoms with E-state index in [0.717, 1.165) is 60.9 Å². The quantitative estimate of drug-likeness (QED) is 0.114. The molecule has 0 amide bonds. The molecule has 2 aromatic heterocycles. The van der Waals surface area contributed by atoms with Crippen LogP contribution in [0.15, 0.2) is 217 Å². The molecule has 11 rings (SSSR count). The average Bonchev–Trinajstić information content (AvgIpc) is 3.72. The van der Waals surface area contributed by atoms with E-state index in [4.69, 9.17) is 19.4 Å². The Morgan fingerprint density at radius 1 is 0.435 bits per heavy atom.